The van der Waals surface area contributed by atoms with Crippen LogP contribution in [0.4, 0.5) is 5.69 Å². The van der Waals surface area contributed by atoms with Crippen molar-refractivity contribution in [3.05, 3.63) is 64.2 Å². The third-order valence-corrected chi connectivity index (χ3v) is 7.10. The number of H-pyrrole nitrogens is 1. The van der Waals surface area contributed by atoms with Crippen molar-refractivity contribution in [3.8, 4) is 17.2 Å². The molecule has 1 aliphatic heterocycles. The standard InChI is InChI=1S/C27H33N7O5/c1-36-14-13-34-26(29-30-31-34)25(33-11-9-32(10-12-33)19-5-7-20(37-2)8-6-19)21-15-18-16-23(38-3)24(39-4)17-22(18)28-27(21)35/h5-8,15-17,25H,9-14H2,1-4H3,(H,28,35)/t25-/m1/s1. The molecule has 1 saturated heterocycles. The van der Waals surface area contributed by atoms with Crippen LogP contribution in [0.2, 0.25) is 0 Å². The number of methoxy groups -OCH3 is 4. The molecule has 1 fully saturated rings. The third kappa shape index (κ3) is 5.38. The number of nitrogens with one attached hydrogen (secondary N) is 1. The molecule has 0 saturated carbocycles. The molecule has 206 valence electrons. The second-order valence-electron chi connectivity index (χ2n) is 9.22. The van der Waals surface area contributed by atoms with E-state index in [1.165, 1.54) is 0 Å². The first-order chi connectivity index (χ1) is 19.1. The van der Waals surface area contributed by atoms with Gasteiger partial charge in [-0.1, -0.05) is 0 Å². The molecule has 39 heavy (non-hydrogen) atoms. The number of fused-ring (bicyclic) bond motifs is 1. The number of rotatable bonds is 10. The van der Waals surface area contributed by atoms with Crippen LogP contribution in [0.5, 0.6) is 17.2 Å². The molecule has 2 aromatic carbocycles. The average Bonchev–Trinajstić information content (AvgIpc) is 3.44. The van der Waals surface area contributed by atoms with Gasteiger partial charge in [0.1, 0.15) is 11.8 Å². The fourth-order valence-corrected chi connectivity index (χ4v) is 5.03. The van der Waals surface area contributed by atoms with E-state index in [4.69, 9.17) is 18.9 Å². The van der Waals surface area contributed by atoms with Crippen molar-refractivity contribution in [3.63, 3.8) is 0 Å². The molecule has 0 radical (unpaired) electrons. The summed E-state index contributed by atoms with van der Waals surface area (Å²) in [4.78, 5) is 21.2. The minimum atomic E-state index is -0.462. The molecule has 3 heterocycles. The zero-order valence-corrected chi connectivity index (χ0v) is 22.6. The molecule has 0 unspecified atom stereocenters. The number of hydrogen-bond acceptors (Lipinski definition) is 10. The first-order valence-corrected chi connectivity index (χ1v) is 12.7. The first-order valence-electron chi connectivity index (χ1n) is 12.7. The maximum atomic E-state index is 13.6. The lowest BCUT2D eigenvalue weighted by molar-refractivity contribution is 0.171. The number of ether oxygens (including phenoxy) is 4. The van der Waals surface area contributed by atoms with Gasteiger partial charge in [0.25, 0.3) is 5.56 Å². The molecule has 4 aromatic rings. The van der Waals surface area contributed by atoms with Gasteiger partial charge < -0.3 is 28.8 Å². The summed E-state index contributed by atoms with van der Waals surface area (Å²) >= 11 is 0. The lowest BCUT2D eigenvalue weighted by Gasteiger charge is -2.39. The van der Waals surface area contributed by atoms with Crippen molar-refractivity contribution in [2.24, 2.45) is 0 Å². The van der Waals surface area contributed by atoms with Crippen molar-refractivity contribution in [2.75, 3.05) is 66.1 Å². The number of benzene rings is 2. The van der Waals surface area contributed by atoms with Gasteiger partial charge in [0.15, 0.2) is 17.3 Å². The van der Waals surface area contributed by atoms with Gasteiger partial charge in [0.05, 0.1) is 40.0 Å². The highest BCUT2D eigenvalue weighted by molar-refractivity contribution is 5.83. The number of hydrogen-bond donors (Lipinski definition) is 1. The van der Waals surface area contributed by atoms with E-state index in [1.807, 2.05) is 24.3 Å². The third-order valence-electron chi connectivity index (χ3n) is 7.10. The molecule has 1 atom stereocenters. The van der Waals surface area contributed by atoms with Crippen molar-refractivity contribution < 1.29 is 18.9 Å². The van der Waals surface area contributed by atoms with Gasteiger partial charge >= 0.3 is 0 Å². The molecule has 12 heteroatoms. The minimum Gasteiger partial charge on any atom is -0.497 e. The van der Waals surface area contributed by atoms with Crippen molar-refractivity contribution >= 4 is 16.6 Å². The Morgan fingerprint density at radius 3 is 2.31 bits per heavy atom. The smallest absolute Gasteiger partial charge is 0.253 e. The van der Waals surface area contributed by atoms with E-state index < -0.39 is 6.04 Å². The summed E-state index contributed by atoms with van der Waals surface area (Å²) < 4.78 is 23.2. The summed E-state index contributed by atoms with van der Waals surface area (Å²) in [5, 5.41) is 13.3. The highest BCUT2D eigenvalue weighted by Crippen LogP contribution is 2.34. The molecule has 0 aliphatic carbocycles. The molecule has 1 aliphatic rings. The number of tetrazole rings is 1. The molecule has 1 N–H and O–H groups in total. The van der Waals surface area contributed by atoms with E-state index >= 15 is 0 Å². The van der Waals surface area contributed by atoms with Crippen LogP contribution < -0.4 is 24.7 Å². The Morgan fingerprint density at radius 2 is 1.64 bits per heavy atom. The van der Waals surface area contributed by atoms with Crippen molar-refractivity contribution in [2.45, 2.75) is 12.6 Å². The number of aromatic nitrogens is 5. The number of pyridine rings is 1. The van der Waals surface area contributed by atoms with Gasteiger partial charge in [0.2, 0.25) is 0 Å². The predicted octanol–water partition coefficient (Wildman–Crippen LogP) is 2.10. The van der Waals surface area contributed by atoms with Gasteiger partial charge in [-0.2, -0.15) is 0 Å². The molecule has 0 spiro atoms. The fourth-order valence-electron chi connectivity index (χ4n) is 5.03. The fraction of sp³-hybridized carbons (Fsp3) is 0.407. The SMILES string of the molecule is COCCn1nnnc1[C@@H](c1cc2cc(OC)c(OC)cc2[nH]c1=O)N1CCN(c2ccc(OC)cc2)CC1. The Morgan fingerprint density at radius 1 is 0.923 bits per heavy atom. The maximum Gasteiger partial charge on any atom is 0.253 e. The molecular weight excluding hydrogens is 502 g/mol. The molecule has 12 nitrogen and oxygen atoms in total. The highest BCUT2D eigenvalue weighted by atomic mass is 16.5. The molecule has 0 amide bonds. The van der Waals surface area contributed by atoms with Gasteiger partial charge in [-0.15, -0.1) is 5.10 Å². The van der Waals surface area contributed by atoms with E-state index in [1.54, 1.807) is 39.2 Å². The monoisotopic (exact) mass is 535 g/mol. The van der Waals surface area contributed by atoms with Crippen LogP contribution in [0.1, 0.15) is 17.4 Å². The topological polar surface area (TPSA) is 120 Å². The van der Waals surface area contributed by atoms with Gasteiger partial charge in [-0.05, 0) is 46.8 Å². The minimum absolute atomic E-state index is 0.210. The number of piperazine rings is 1. The lowest BCUT2D eigenvalue weighted by Crippen LogP contribution is -2.49. The molecule has 0 bridgehead atoms. The zero-order chi connectivity index (χ0) is 27.4. The second-order valence-corrected chi connectivity index (χ2v) is 9.22. The first kappa shape index (κ1) is 26.4. The van der Waals surface area contributed by atoms with E-state index in [0.29, 0.717) is 54.6 Å². The van der Waals surface area contributed by atoms with E-state index in [-0.39, 0.29) is 5.56 Å². The van der Waals surface area contributed by atoms with Gasteiger partial charge in [-0.25, -0.2) is 4.68 Å². The van der Waals surface area contributed by atoms with E-state index in [2.05, 4.69) is 42.4 Å². The Balaban J connectivity index is 1.52. The second kappa shape index (κ2) is 11.7. The summed E-state index contributed by atoms with van der Waals surface area (Å²) in [5.74, 6) is 2.54. The van der Waals surface area contributed by atoms with Gasteiger partial charge in [0, 0.05) is 56.0 Å². The average molecular weight is 536 g/mol. The zero-order valence-electron chi connectivity index (χ0n) is 22.6. The number of aromatic amines is 1. The Hall–Kier alpha value is -4.16. The summed E-state index contributed by atoms with van der Waals surface area (Å²) in [6, 6.07) is 13.1. The van der Waals surface area contributed by atoms with Crippen LogP contribution in [0.25, 0.3) is 10.9 Å². The van der Waals surface area contributed by atoms with Crippen LogP contribution in [0, 0.1) is 0 Å². The van der Waals surface area contributed by atoms with Crippen LogP contribution in [-0.2, 0) is 11.3 Å². The van der Waals surface area contributed by atoms with E-state index in [9.17, 15) is 4.79 Å². The van der Waals surface area contributed by atoms with Crippen LogP contribution in [0.3, 0.4) is 0 Å². The number of nitrogens with zero attached hydrogens (tertiary/aromatic N) is 6. The Bertz CT molecular complexity index is 1460. The highest BCUT2D eigenvalue weighted by Gasteiger charge is 2.33. The summed E-state index contributed by atoms with van der Waals surface area (Å²) in [7, 11) is 6.45. The summed E-state index contributed by atoms with van der Waals surface area (Å²) in [6.07, 6.45) is 0. The molecular formula is C27H33N7O5. The van der Waals surface area contributed by atoms with E-state index in [0.717, 1.165) is 29.9 Å². The van der Waals surface area contributed by atoms with Crippen molar-refractivity contribution in [1.29, 1.82) is 0 Å². The molecule has 2 aromatic heterocycles. The van der Waals surface area contributed by atoms with Crippen LogP contribution in [0.15, 0.2) is 47.3 Å². The number of anilines is 1. The summed E-state index contributed by atoms with van der Waals surface area (Å²) in [6.45, 7) is 3.88. The normalized spacial score (nSPS) is 14.9. The Kier molecular flexibility index (Phi) is 7.94. The maximum absolute atomic E-state index is 13.6. The van der Waals surface area contributed by atoms with Gasteiger partial charge in [-0.3, -0.25) is 9.69 Å². The lowest BCUT2D eigenvalue weighted by atomic mass is 10.0. The Labute approximate surface area is 226 Å². The molecule has 5 rings (SSSR count). The quantitative estimate of drug-likeness (QED) is 0.323. The summed E-state index contributed by atoms with van der Waals surface area (Å²) in [5.41, 5.74) is 2.13. The van der Waals surface area contributed by atoms with Crippen LogP contribution >= 0.6 is 0 Å². The van der Waals surface area contributed by atoms with Crippen LogP contribution in [-0.4, -0.2) is 91.3 Å². The largest absolute Gasteiger partial charge is 0.497 e. The predicted molar refractivity (Wildman–Crippen MR) is 146 cm³/mol. The van der Waals surface area contributed by atoms with Crippen molar-refractivity contribution in [1.82, 2.24) is 30.1 Å².